The van der Waals surface area contributed by atoms with Gasteiger partial charge in [-0.05, 0) is 36.2 Å². The lowest BCUT2D eigenvalue weighted by atomic mass is 10.1. The Labute approximate surface area is 183 Å². The van der Waals surface area contributed by atoms with Gasteiger partial charge < -0.3 is 15.2 Å². The van der Waals surface area contributed by atoms with Crippen LogP contribution < -0.4 is 26.2 Å². The van der Waals surface area contributed by atoms with E-state index in [1.165, 1.54) is 18.0 Å². The second kappa shape index (κ2) is 10.2. The van der Waals surface area contributed by atoms with Crippen LogP contribution in [0.1, 0.15) is 29.4 Å². The van der Waals surface area contributed by atoms with E-state index in [1.54, 1.807) is 42.5 Å². The van der Waals surface area contributed by atoms with Gasteiger partial charge in [0.15, 0.2) is 23.8 Å². The van der Waals surface area contributed by atoms with Gasteiger partial charge >= 0.3 is 0 Å². The SMILES string of the molecule is CCCn1nc(C(=O)N/N=C/c2ccc(OCC(N)=O)c(OC)c2)c2ccccc2c1=O. The largest absolute Gasteiger partial charge is 0.493 e. The van der Waals surface area contributed by atoms with Gasteiger partial charge in [-0.2, -0.15) is 10.2 Å². The van der Waals surface area contributed by atoms with Crippen LogP contribution in [-0.2, 0) is 11.3 Å². The number of benzene rings is 2. The molecule has 0 aliphatic rings. The Morgan fingerprint density at radius 2 is 1.94 bits per heavy atom. The van der Waals surface area contributed by atoms with E-state index in [-0.39, 0.29) is 17.9 Å². The lowest BCUT2D eigenvalue weighted by molar-refractivity contribution is -0.119. The number of hydrogen-bond donors (Lipinski definition) is 2. The van der Waals surface area contributed by atoms with Crippen LogP contribution in [0.3, 0.4) is 0 Å². The summed E-state index contributed by atoms with van der Waals surface area (Å²) in [7, 11) is 1.46. The monoisotopic (exact) mass is 437 g/mol. The van der Waals surface area contributed by atoms with Gasteiger partial charge in [0.1, 0.15) is 0 Å². The minimum Gasteiger partial charge on any atom is -0.493 e. The van der Waals surface area contributed by atoms with Gasteiger partial charge in [-0.25, -0.2) is 10.1 Å². The van der Waals surface area contributed by atoms with Crippen molar-refractivity contribution >= 4 is 28.8 Å². The number of nitrogens with two attached hydrogens (primary N) is 1. The van der Waals surface area contributed by atoms with E-state index in [1.807, 2.05) is 6.92 Å². The first-order valence-electron chi connectivity index (χ1n) is 9.87. The summed E-state index contributed by atoms with van der Waals surface area (Å²) in [6, 6.07) is 11.7. The lowest BCUT2D eigenvalue weighted by Crippen LogP contribution is -2.29. The quantitative estimate of drug-likeness (QED) is 0.384. The van der Waals surface area contributed by atoms with Crippen molar-refractivity contribution in [3.05, 3.63) is 64.1 Å². The number of carbonyl (C=O) groups is 2. The number of hydrogen-bond acceptors (Lipinski definition) is 7. The van der Waals surface area contributed by atoms with Crippen molar-refractivity contribution in [2.24, 2.45) is 10.8 Å². The molecule has 0 aliphatic heterocycles. The van der Waals surface area contributed by atoms with E-state index in [4.69, 9.17) is 15.2 Å². The molecule has 0 saturated carbocycles. The zero-order chi connectivity index (χ0) is 23.1. The highest BCUT2D eigenvalue weighted by Gasteiger charge is 2.16. The van der Waals surface area contributed by atoms with E-state index in [0.717, 1.165) is 0 Å². The average Bonchev–Trinajstić information content (AvgIpc) is 2.79. The minimum atomic E-state index is -0.605. The van der Waals surface area contributed by atoms with Crippen LogP contribution in [0.4, 0.5) is 0 Å². The summed E-state index contributed by atoms with van der Waals surface area (Å²) in [4.78, 5) is 36.2. The summed E-state index contributed by atoms with van der Waals surface area (Å²) in [6.45, 7) is 2.05. The summed E-state index contributed by atoms with van der Waals surface area (Å²) < 4.78 is 11.8. The molecule has 32 heavy (non-hydrogen) atoms. The first kappa shape index (κ1) is 22.5. The first-order chi connectivity index (χ1) is 15.4. The number of amides is 2. The summed E-state index contributed by atoms with van der Waals surface area (Å²) in [5.74, 6) is -0.426. The molecule has 2 aromatic carbocycles. The molecule has 0 atom stereocenters. The van der Waals surface area contributed by atoms with Gasteiger partial charge in [-0.1, -0.05) is 25.1 Å². The van der Waals surface area contributed by atoms with Gasteiger partial charge in [-0.15, -0.1) is 0 Å². The Kier molecular flexibility index (Phi) is 7.17. The fourth-order valence-corrected chi connectivity index (χ4v) is 3.02. The van der Waals surface area contributed by atoms with Crippen LogP contribution >= 0.6 is 0 Å². The molecule has 10 nitrogen and oxygen atoms in total. The van der Waals surface area contributed by atoms with Crippen LogP contribution in [0.5, 0.6) is 11.5 Å². The summed E-state index contributed by atoms with van der Waals surface area (Å²) in [6.07, 6.45) is 2.12. The number of aromatic nitrogens is 2. The van der Waals surface area contributed by atoms with Crippen LogP contribution in [-0.4, -0.2) is 41.5 Å². The van der Waals surface area contributed by atoms with Gasteiger partial charge in [0, 0.05) is 11.9 Å². The maximum atomic E-state index is 12.8. The molecular formula is C22H23N5O5. The molecule has 3 N–H and O–H groups in total. The maximum absolute atomic E-state index is 12.8. The molecule has 10 heteroatoms. The lowest BCUT2D eigenvalue weighted by Gasteiger charge is -2.10. The zero-order valence-electron chi connectivity index (χ0n) is 17.7. The smallest absolute Gasteiger partial charge is 0.292 e. The molecule has 0 fully saturated rings. The number of nitrogens with zero attached hydrogens (tertiary/aromatic N) is 3. The van der Waals surface area contributed by atoms with Crippen LogP contribution in [0.25, 0.3) is 10.8 Å². The molecule has 0 saturated heterocycles. The standard InChI is InChI=1S/C22H23N5O5/c1-3-10-27-22(30)16-7-5-4-6-15(16)20(26-27)21(29)25-24-12-14-8-9-17(18(11-14)31-2)32-13-19(23)28/h4-9,11-12H,3,10,13H2,1-2H3,(H2,23,28)(H,25,29)/b24-12+. The average molecular weight is 437 g/mol. The van der Waals surface area contributed by atoms with Gasteiger partial charge in [0.05, 0.1) is 18.7 Å². The third-order valence-corrected chi connectivity index (χ3v) is 4.46. The minimum absolute atomic E-state index is 0.110. The number of nitrogens with one attached hydrogen (secondary N) is 1. The molecule has 0 aliphatic carbocycles. The number of rotatable bonds is 9. The summed E-state index contributed by atoms with van der Waals surface area (Å²) >= 11 is 0. The molecular weight excluding hydrogens is 414 g/mol. The predicted molar refractivity (Wildman–Crippen MR) is 119 cm³/mol. The van der Waals surface area contributed by atoms with Crippen molar-refractivity contribution < 1.29 is 19.1 Å². The Morgan fingerprint density at radius 3 is 2.62 bits per heavy atom. The normalized spacial score (nSPS) is 10.9. The van der Waals surface area contributed by atoms with Crippen molar-refractivity contribution in [2.45, 2.75) is 19.9 Å². The Hall–Kier alpha value is -4.21. The summed E-state index contributed by atoms with van der Waals surface area (Å²) in [5.41, 5.74) is 8.00. The Morgan fingerprint density at radius 1 is 1.19 bits per heavy atom. The second-order valence-electron chi connectivity index (χ2n) is 6.79. The van der Waals surface area contributed by atoms with E-state index in [2.05, 4.69) is 15.6 Å². The highest BCUT2D eigenvalue weighted by Crippen LogP contribution is 2.27. The van der Waals surface area contributed by atoms with Gasteiger partial charge in [0.2, 0.25) is 0 Å². The predicted octanol–water partition coefficient (Wildman–Crippen LogP) is 1.44. The third kappa shape index (κ3) is 5.09. The highest BCUT2D eigenvalue weighted by molar-refractivity contribution is 6.05. The molecule has 166 valence electrons. The summed E-state index contributed by atoms with van der Waals surface area (Å²) in [5, 5.41) is 9.08. The fourth-order valence-electron chi connectivity index (χ4n) is 3.02. The molecule has 0 unspecified atom stereocenters. The van der Waals surface area contributed by atoms with Crippen molar-refractivity contribution in [1.29, 1.82) is 0 Å². The van der Waals surface area contributed by atoms with Crippen molar-refractivity contribution in [3.63, 3.8) is 0 Å². The van der Waals surface area contributed by atoms with Crippen molar-refractivity contribution in [2.75, 3.05) is 13.7 Å². The molecule has 2 amide bonds. The Balaban J connectivity index is 1.81. The fraction of sp³-hybridized carbons (Fsp3) is 0.227. The number of aryl methyl sites for hydroxylation is 1. The van der Waals surface area contributed by atoms with E-state index < -0.39 is 11.8 Å². The van der Waals surface area contributed by atoms with Crippen molar-refractivity contribution in [1.82, 2.24) is 15.2 Å². The molecule has 0 radical (unpaired) electrons. The van der Waals surface area contributed by atoms with Gasteiger partial charge in [0.25, 0.3) is 17.4 Å². The number of ether oxygens (including phenoxy) is 2. The second-order valence-corrected chi connectivity index (χ2v) is 6.79. The molecule has 1 heterocycles. The van der Waals surface area contributed by atoms with Crippen LogP contribution in [0, 0.1) is 0 Å². The number of methoxy groups -OCH3 is 1. The molecule has 3 rings (SSSR count). The number of hydrazone groups is 1. The number of carbonyl (C=O) groups excluding carboxylic acids is 2. The topological polar surface area (TPSA) is 138 Å². The molecule has 3 aromatic rings. The van der Waals surface area contributed by atoms with E-state index in [0.29, 0.717) is 40.8 Å². The number of primary amides is 1. The molecule has 1 aromatic heterocycles. The maximum Gasteiger partial charge on any atom is 0.292 e. The van der Waals surface area contributed by atoms with Crippen molar-refractivity contribution in [3.8, 4) is 11.5 Å². The zero-order valence-corrected chi connectivity index (χ0v) is 17.7. The van der Waals surface area contributed by atoms with E-state index >= 15 is 0 Å². The molecule has 0 bridgehead atoms. The Bertz CT molecular complexity index is 1240. The van der Waals surface area contributed by atoms with Gasteiger partial charge in [-0.3, -0.25) is 14.4 Å². The number of fused-ring (bicyclic) bond motifs is 1. The van der Waals surface area contributed by atoms with E-state index in [9.17, 15) is 14.4 Å². The third-order valence-electron chi connectivity index (χ3n) is 4.46. The van der Waals surface area contributed by atoms with Crippen LogP contribution in [0.15, 0.2) is 52.4 Å². The first-order valence-corrected chi connectivity index (χ1v) is 9.87. The van der Waals surface area contributed by atoms with Crippen LogP contribution in [0.2, 0.25) is 0 Å². The highest BCUT2D eigenvalue weighted by atomic mass is 16.5. The molecule has 0 spiro atoms.